The van der Waals surface area contributed by atoms with Crippen LogP contribution in [-0.4, -0.2) is 33.5 Å². The number of nitrogens with two attached hydrogens (primary N) is 1. The minimum atomic E-state index is -0.735. The molecule has 0 bridgehead atoms. The third-order valence-electron chi connectivity index (χ3n) is 3.21. The predicted molar refractivity (Wildman–Crippen MR) is 63.5 cm³/mol. The average Bonchev–Trinajstić information content (AvgIpc) is 2.66. The van der Waals surface area contributed by atoms with Crippen LogP contribution < -0.4 is 5.73 Å². The molecule has 2 rings (SSSR count). The van der Waals surface area contributed by atoms with E-state index in [2.05, 4.69) is 19.9 Å². The monoisotopic (exact) mass is 239 g/mol. The number of nitriles is 1. The van der Waals surface area contributed by atoms with E-state index in [4.69, 9.17) is 11.0 Å². The molecular weight excluding hydrogens is 222 g/mol. The van der Waals surface area contributed by atoms with Crippen molar-refractivity contribution < 1.29 is 4.79 Å². The first-order valence-corrected chi connectivity index (χ1v) is 6.65. The van der Waals surface area contributed by atoms with Crippen LogP contribution in [0.25, 0.3) is 0 Å². The van der Waals surface area contributed by atoms with Crippen LogP contribution in [-0.2, 0) is 4.79 Å². The van der Waals surface area contributed by atoms with Crippen LogP contribution in [0, 0.1) is 17.2 Å². The smallest absolute Gasteiger partial charge is 0.244 e. The molecule has 2 saturated heterocycles. The second kappa shape index (κ2) is 3.94. The number of hydrogen-bond acceptors (Lipinski definition) is 4. The Morgan fingerprint density at radius 1 is 1.75 bits per heavy atom. The van der Waals surface area contributed by atoms with E-state index in [1.807, 2.05) is 0 Å². The summed E-state index contributed by atoms with van der Waals surface area (Å²) >= 11 is 1.68. The molecule has 4 nitrogen and oxygen atoms in total. The number of carbonyl (C=O) groups is 1. The Labute approximate surface area is 100 Å². The van der Waals surface area contributed by atoms with Crippen molar-refractivity contribution in [3.8, 4) is 6.07 Å². The van der Waals surface area contributed by atoms with Crippen LogP contribution in [0.2, 0.25) is 0 Å². The highest BCUT2D eigenvalue weighted by Crippen LogP contribution is 2.42. The van der Waals surface area contributed by atoms with Crippen LogP contribution >= 0.6 is 11.8 Å². The molecule has 5 heteroatoms. The molecule has 0 saturated carbocycles. The molecule has 2 N–H and O–H groups in total. The standard InChI is InChI=1S/C11H17N3OS/c1-7(2)3-11(13)4-9-14(10(11)15)8(5-12)6-16-9/h7-9H,3-4,6,13H2,1-2H3/t8-,9-,11-/m1/s1. The lowest BCUT2D eigenvalue weighted by atomic mass is 9.88. The van der Waals surface area contributed by atoms with Crippen molar-refractivity contribution in [3.05, 3.63) is 0 Å². The van der Waals surface area contributed by atoms with Crippen LogP contribution in [0.5, 0.6) is 0 Å². The van der Waals surface area contributed by atoms with Gasteiger partial charge in [0.2, 0.25) is 5.91 Å². The second-order valence-corrected chi connectivity index (χ2v) is 6.31. The van der Waals surface area contributed by atoms with Crippen LogP contribution in [0.4, 0.5) is 0 Å². The van der Waals surface area contributed by atoms with Gasteiger partial charge in [-0.3, -0.25) is 4.79 Å². The molecule has 1 amide bonds. The van der Waals surface area contributed by atoms with Gasteiger partial charge in [0.1, 0.15) is 6.04 Å². The van der Waals surface area contributed by atoms with Crippen LogP contribution in [0.15, 0.2) is 0 Å². The van der Waals surface area contributed by atoms with E-state index < -0.39 is 5.54 Å². The number of hydrogen-bond donors (Lipinski definition) is 1. The fourth-order valence-electron chi connectivity index (χ4n) is 2.65. The highest BCUT2D eigenvalue weighted by molar-refractivity contribution is 8.00. The van der Waals surface area contributed by atoms with Crippen molar-refractivity contribution in [1.82, 2.24) is 4.90 Å². The number of amides is 1. The van der Waals surface area contributed by atoms with E-state index in [-0.39, 0.29) is 17.3 Å². The largest absolute Gasteiger partial charge is 0.317 e. The van der Waals surface area contributed by atoms with Gasteiger partial charge < -0.3 is 10.6 Å². The van der Waals surface area contributed by atoms with E-state index >= 15 is 0 Å². The lowest BCUT2D eigenvalue weighted by Crippen LogP contribution is -2.50. The first-order chi connectivity index (χ1) is 7.48. The maximum absolute atomic E-state index is 12.2. The van der Waals surface area contributed by atoms with Crippen LogP contribution in [0.1, 0.15) is 26.7 Å². The lowest BCUT2D eigenvalue weighted by Gasteiger charge is -2.25. The molecule has 0 unspecified atom stereocenters. The summed E-state index contributed by atoms with van der Waals surface area (Å²) in [5, 5.41) is 9.11. The Morgan fingerprint density at radius 3 is 3.00 bits per heavy atom. The molecule has 0 aromatic heterocycles. The Morgan fingerprint density at radius 2 is 2.44 bits per heavy atom. The quantitative estimate of drug-likeness (QED) is 0.778. The molecule has 16 heavy (non-hydrogen) atoms. The molecule has 2 heterocycles. The Hall–Kier alpha value is -0.730. The molecule has 2 aliphatic rings. The number of carbonyl (C=O) groups excluding carboxylic acids is 1. The summed E-state index contributed by atoms with van der Waals surface area (Å²) in [5.41, 5.74) is 5.46. The van der Waals surface area contributed by atoms with Gasteiger partial charge in [0.05, 0.1) is 17.0 Å². The van der Waals surface area contributed by atoms with Gasteiger partial charge in [0.25, 0.3) is 0 Å². The number of thioether (sulfide) groups is 1. The minimum absolute atomic E-state index is 0.0252. The molecule has 0 aliphatic carbocycles. The maximum Gasteiger partial charge on any atom is 0.244 e. The van der Waals surface area contributed by atoms with E-state index in [1.54, 1.807) is 16.7 Å². The van der Waals surface area contributed by atoms with Crippen molar-refractivity contribution in [2.75, 3.05) is 5.75 Å². The van der Waals surface area contributed by atoms with E-state index in [0.29, 0.717) is 18.8 Å². The average molecular weight is 239 g/mol. The molecule has 3 atom stereocenters. The maximum atomic E-state index is 12.2. The fourth-order valence-corrected chi connectivity index (χ4v) is 4.11. The van der Waals surface area contributed by atoms with E-state index in [0.717, 1.165) is 5.75 Å². The fraction of sp³-hybridized carbons (Fsp3) is 0.818. The van der Waals surface area contributed by atoms with Crippen molar-refractivity contribution in [1.29, 1.82) is 5.26 Å². The summed E-state index contributed by atoms with van der Waals surface area (Å²) in [7, 11) is 0. The van der Waals surface area contributed by atoms with E-state index in [1.165, 1.54) is 0 Å². The molecule has 0 aromatic carbocycles. The summed E-state index contributed by atoms with van der Waals surface area (Å²) in [6.07, 6.45) is 1.39. The summed E-state index contributed by atoms with van der Waals surface area (Å²) in [6.45, 7) is 4.14. The second-order valence-electron chi connectivity index (χ2n) is 5.10. The first kappa shape index (κ1) is 11.7. The first-order valence-electron chi connectivity index (χ1n) is 5.61. The van der Waals surface area contributed by atoms with Crippen molar-refractivity contribution in [2.45, 2.75) is 43.6 Å². The SMILES string of the molecule is CC(C)C[C@@]1(N)C[C@H]2SC[C@@H](C#N)N2C1=O. The molecule has 0 aromatic rings. The number of rotatable bonds is 2. The van der Waals surface area contributed by atoms with Gasteiger partial charge in [-0.2, -0.15) is 5.26 Å². The summed E-state index contributed by atoms with van der Waals surface area (Å²) in [4.78, 5) is 14.0. The van der Waals surface area contributed by atoms with Gasteiger partial charge in [-0.05, 0) is 12.3 Å². The normalized spacial score (nSPS) is 37.9. The molecule has 88 valence electrons. The van der Waals surface area contributed by atoms with Gasteiger partial charge in [-0.15, -0.1) is 11.8 Å². The van der Waals surface area contributed by atoms with Crippen molar-refractivity contribution in [2.24, 2.45) is 11.7 Å². The molecule has 0 radical (unpaired) electrons. The summed E-state index contributed by atoms with van der Waals surface area (Å²) in [6, 6.07) is 1.91. The Balaban J connectivity index is 2.19. The topological polar surface area (TPSA) is 70.1 Å². The zero-order valence-corrected chi connectivity index (χ0v) is 10.5. The van der Waals surface area contributed by atoms with Gasteiger partial charge in [-0.25, -0.2) is 0 Å². The third-order valence-corrected chi connectivity index (χ3v) is 4.50. The van der Waals surface area contributed by atoms with Gasteiger partial charge >= 0.3 is 0 Å². The highest BCUT2D eigenvalue weighted by Gasteiger charge is 2.54. The molecule has 0 spiro atoms. The third kappa shape index (κ3) is 1.70. The van der Waals surface area contributed by atoms with Crippen molar-refractivity contribution in [3.63, 3.8) is 0 Å². The summed E-state index contributed by atoms with van der Waals surface area (Å²) in [5.74, 6) is 1.10. The minimum Gasteiger partial charge on any atom is -0.317 e. The Bertz CT molecular complexity index is 352. The number of nitrogens with zero attached hydrogens (tertiary/aromatic N) is 2. The summed E-state index contributed by atoms with van der Waals surface area (Å²) < 4.78 is 0. The molecule has 2 fully saturated rings. The van der Waals surface area contributed by atoms with Crippen molar-refractivity contribution >= 4 is 17.7 Å². The molecular formula is C11H17N3OS. The van der Waals surface area contributed by atoms with Gasteiger partial charge in [0.15, 0.2) is 0 Å². The Kier molecular flexibility index (Phi) is 2.89. The van der Waals surface area contributed by atoms with Gasteiger partial charge in [0, 0.05) is 12.2 Å². The van der Waals surface area contributed by atoms with Crippen LogP contribution in [0.3, 0.4) is 0 Å². The zero-order valence-electron chi connectivity index (χ0n) is 9.64. The van der Waals surface area contributed by atoms with E-state index in [9.17, 15) is 4.79 Å². The highest BCUT2D eigenvalue weighted by atomic mass is 32.2. The predicted octanol–water partition coefficient (Wildman–Crippen LogP) is 0.927. The number of fused-ring (bicyclic) bond motifs is 1. The zero-order chi connectivity index (χ0) is 11.9. The van der Waals surface area contributed by atoms with Gasteiger partial charge in [-0.1, -0.05) is 13.8 Å². The lowest BCUT2D eigenvalue weighted by molar-refractivity contribution is -0.133. The molecule has 2 aliphatic heterocycles.